The number of anilines is 2. The summed E-state index contributed by atoms with van der Waals surface area (Å²) in [5, 5.41) is 19.0. The Morgan fingerprint density at radius 1 is 1.23 bits per heavy atom. The Hall–Kier alpha value is -3.22. The molecule has 3 aromatic rings. The van der Waals surface area contributed by atoms with Crippen molar-refractivity contribution in [2.24, 2.45) is 0 Å². The third-order valence-corrected chi connectivity index (χ3v) is 5.58. The van der Waals surface area contributed by atoms with Gasteiger partial charge in [-0.3, -0.25) is 9.59 Å². The number of amides is 2. The highest BCUT2D eigenvalue weighted by Gasteiger charge is 2.18. The number of carbonyl (C=O) groups is 2. The molecular weight excluding hydrogens is 429 g/mol. The van der Waals surface area contributed by atoms with Crippen LogP contribution in [0.25, 0.3) is 0 Å². The number of hydrogen-bond acceptors (Lipinski definition) is 5. The fourth-order valence-electron chi connectivity index (χ4n) is 2.77. The van der Waals surface area contributed by atoms with Crippen LogP contribution in [0.4, 0.5) is 15.2 Å². The van der Waals surface area contributed by atoms with E-state index >= 15 is 0 Å². The molecule has 0 saturated heterocycles. The van der Waals surface area contributed by atoms with E-state index in [0.717, 1.165) is 29.2 Å². The molecule has 2 N–H and O–H groups in total. The van der Waals surface area contributed by atoms with Crippen LogP contribution in [0.15, 0.2) is 30.3 Å². The van der Waals surface area contributed by atoms with Gasteiger partial charge >= 0.3 is 0 Å². The first kappa shape index (κ1) is 21.5. The molecule has 30 heavy (non-hydrogen) atoms. The van der Waals surface area contributed by atoms with Crippen molar-refractivity contribution in [2.45, 2.75) is 26.8 Å². The average molecular weight is 446 g/mol. The van der Waals surface area contributed by atoms with Crippen LogP contribution in [-0.2, 0) is 6.54 Å². The van der Waals surface area contributed by atoms with Gasteiger partial charge < -0.3 is 10.6 Å². The molecule has 0 aliphatic heterocycles. The van der Waals surface area contributed by atoms with Crippen molar-refractivity contribution < 1.29 is 14.0 Å². The smallest absolute Gasteiger partial charge is 0.267 e. The Balaban J connectivity index is 1.75. The highest BCUT2D eigenvalue weighted by Crippen LogP contribution is 2.29. The molecule has 0 radical (unpaired) electrons. The summed E-state index contributed by atoms with van der Waals surface area (Å²) in [4.78, 5) is 25.6. The van der Waals surface area contributed by atoms with Gasteiger partial charge in [-0.05, 0) is 43.7 Å². The molecule has 2 heterocycles. The largest absolute Gasteiger partial charge is 0.313 e. The summed E-state index contributed by atoms with van der Waals surface area (Å²) in [6, 6.07) is 8.95. The monoisotopic (exact) mass is 445 g/mol. The second-order valence-electron chi connectivity index (χ2n) is 6.46. The molecule has 0 aliphatic rings. The van der Waals surface area contributed by atoms with Crippen LogP contribution in [0, 0.1) is 31.0 Å². The van der Waals surface area contributed by atoms with Gasteiger partial charge in [0.1, 0.15) is 11.6 Å². The first-order chi connectivity index (χ1) is 14.3. The minimum absolute atomic E-state index is 0.000236. The van der Waals surface area contributed by atoms with Gasteiger partial charge in [-0.2, -0.15) is 10.4 Å². The lowest BCUT2D eigenvalue weighted by molar-refractivity contribution is 0.101. The number of thiophene rings is 1. The summed E-state index contributed by atoms with van der Waals surface area (Å²) < 4.78 is 14.7. The standard InChI is InChI=1S/C20H17ClFN5O2S/c1-11-8-17(25-19(28)14-5-4-13(22)10-15(14)21)30-18(11)20(29)24-16-9-12(2)26-27(16)7-3-6-23/h4-5,8-10H,3,7H2,1-2H3,(H,24,29)(H,25,28). The second-order valence-corrected chi connectivity index (χ2v) is 7.92. The maximum Gasteiger partial charge on any atom is 0.267 e. The summed E-state index contributed by atoms with van der Waals surface area (Å²) in [6.45, 7) is 3.91. The maximum atomic E-state index is 13.2. The van der Waals surface area contributed by atoms with Gasteiger partial charge in [-0.1, -0.05) is 11.6 Å². The highest BCUT2D eigenvalue weighted by atomic mass is 35.5. The molecule has 2 amide bonds. The molecule has 7 nitrogen and oxygen atoms in total. The van der Waals surface area contributed by atoms with Gasteiger partial charge in [0.15, 0.2) is 0 Å². The third-order valence-electron chi connectivity index (χ3n) is 4.12. The van der Waals surface area contributed by atoms with E-state index in [4.69, 9.17) is 16.9 Å². The number of benzene rings is 1. The average Bonchev–Trinajstić information content (AvgIpc) is 3.21. The Morgan fingerprint density at radius 2 is 2.00 bits per heavy atom. The van der Waals surface area contributed by atoms with E-state index in [0.29, 0.717) is 27.8 Å². The molecule has 0 unspecified atom stereocenters. The molecule has 1 aromatic carbocycles. The van der Waals surface area contributed by atoms with E-state index in [2.05, 4.69) is 15.7 Å². The Labute approximate surface area is 181 Å². The lowest BCUT2D eigenvalue weighted by Gasteiger charge is -2.07. The van der Waals surface area contributed by atoms with E-state index < -0.39 is 11.7 Å². The Kier molecular flexibility index (Phi) is 6.50. The zero-order valence-corrected chi connectivity index (χ0v) is 17.7. The Bertz CT molecular complexity index is 1160. The van der Waals surface area contributed by atoms with Gasteiger partial charge in [-0.15, -0.1) is 11.3 Å². The minimum Gasteiger partial charge on any atom is -0.313 e. The van der Waals surface area contributed by atoms with E-state index in [1.807, 2.05) is 6.07 Å². The number of halogens is 2. The zero-order chi connectivity index (χ0) is 21.8. The van der Waals surface area contributed by atoms with E-state index in [1.165, 1.54) is 6.07 Å². The second kappa shape index (κ2) is 9.07. The zero-order valence-electron chi connectivity index (χ0n) is 16.1. The predicted octanol–water partition coefficient (Wildman–Crippen LogP) is 4.77. The van der Waals surface area contributed by atoms with Crippen molar-refractivity contribution in [1.29, 1.82) is 5.26 Å². The lowest BCUT2D eigenvalue weighted by Crippen LogP contribution is -2.15. The number of nitriles is 1. The number of nitrogens with one attached hydrogen (secondary N) is 2. The summed E-state index contributed by atoms with van der Waals surface area (Å²) in [5.41, 5.74) is 1.53. The van der Waals surface area contributed by atoms with Gasteiger partial charge in [0.2, 0.25) is 0 Å². The summed E-state index contributed by atoms with van der Waals surface area (Å²) in [6.07, 6.45) is 0.268. The van der Waals surface area contributed by atoms with Crippen LogP contribution in [0.5, 0.6) is 0 Å². The maximum absolute atomic E-state index is 13.2. The van der Waals surface area contributed by atoms with Crippen molar-refractivity contribution in [1.82, 2.24) is 9.78 Å². The topological polar surface area (TPSA) is 99.8 Å². The highest BCUT2D eigenvalue weighted by molar-refractivity contribution is 7.18. The van der Waals surface area contributed by atoms with Gasteiger partial charge in [0.25, 0.3) is 11.8 Å². The third kappa shape index (κ3) is 4.84. The number of carbonyl (C=O) groups excluding carboxylic acids is 2. The van der Waals surface area contributed by atoms with E-state index in [9.17, 15) is 14.0 Å². The van der Waals surface area contributed by atoms with Crippen molar-refractivity contribution in [3.8, 4) is 6.07 Å². The van der Waals surface area contributed by atoms with Crippen LogP contribution >= 0.6 is 22.9 Å². The first-order valence-corrected chi connectivity index (χ1v) is 10.1. The van der Waals surface area contributed by atoms with Crippen LogP contribution in [0.3, 0.4) is 0 Å². The number of rotatable bonds is 6. The fraction of sp³-hybridized carbons (Fsp3) is 0.200. The van der Waals surface area contributed by atoms with Gasteiger partial charge in [-0.25, -0.2) is 9.07 Å². The first-order valence-electron chi connectivity index (χ1n) is 8.88. The molecule has 0 spiro atoms. The van der Waals surface area contributed by atoms with E-state index in [-0.39, 0.29) is 22.9 Å². The normalized spacial score (nSPS) is 10.5. The molecule has 154 valence electrons. The summed E-state index contributed by atoms with van der Waals surface area (Å²) in [5.74, 6) is -0.898. The molecular formula is C20H17ClFN5O2S. The lowest BCUT2D eigenvalue weighted by atomic mass is 10.2. The number of hydrogen-bond donors (Lipinski definition) is 2. The van der Waals surface area contributed by atoms with Crippen molar-refractivity contribution in [3.05, 3.63) is 62.9 Å². The van der Waals surface area contributed by atoms with Crippen molar-refractivity contribution in [2.75, 3.05) is 10.6 Å². The fourth-order valence-corrected chi connectivity index (χ4v) is 3.98. The van der Waals surface area contributed by atoms with Crippen LogP contribution < -0.4 is 10.6 Å². The molecule has 0 bridgehead atoms. The van der Waals surface area contributed by atoms with Crippen LogP contribution in [0.1, 0.15) is 37.7 Å². The molecule has 0 saturated carbocycles. The van der Waals surface area contributed by atoms with E-state index in [1.54, 1.807) is 30.7 Å². The molecule has 0 atom stereocenters. The van der Waals surface area contributed by atoms with Crippen LogP contribution in [0.2, 0.25) is 5.02 Å². The number of aryl methyl sites for hydroxylation is 3. The minimum atomic E-state index is -0.535. The quantitative estimate of drug-likeness (QED) is 0.570. The molecule has 10 heteroatoms. The summed E-state index contributed by atoms with van der Waals surface area (Å²) >= 11 is 7.04. The Morgan fingerprint density at radius 3 is 2.70 bits per heavy atom. The SMILES string of the molecule is Cc1cc(NC(=O)c2sc(NC(=O)c3ccc(F)cc3Cl)cc2C)n(CCC#N)n1. The molecule has 2 aromatic heterocycles. The molecule has 0 aliphatic carbocycles. The molecule has 0 fully saturated rings. The van der Waals surface area contributed by atoms with Gasteiger partial charge in [0.05, 0.1) is 45.2 Å². The number of aromatic nitrogens is 2. The van der Waals surface area contributed by atoms with Gasteiger partial charge in [0, 0.05) is 6.07 Å². The summed E-state index contributed by atoms with van der Waals surface area (Å²) in [7, 11) is 0. The predicted molar refractivity (Wildman–Crippen MR) is 114 cm³/mol. The number of nitrogens with zero attached hydrogens (tertiary/aromatic N) is 3. The van der Waals surface area contributed by atoms with Crippen molar-refractivity contribution >= 4 is 45.6 Å². The van der Waals surface area contributed by atoms with Crippen LogP contribution in [-0.4, -0.2) is 21.6 Å². The molecule has 3 rings (SSSR count). The van der Waals surface area contributed by atoms with Crippen molar-refractivity contribution in [3.63, 3.8) is 0 Å².